The average molecular weight is 232 g/mol. The van der Waals surface area contributed by atoms with Gasteiger partial charge in [0.25, 0.3) is 5.91 Å². The van der Waals surface area contributed by atoms with Crippen LogP contribution in [0.25, 0.3) is 0 Å². The lowest BCUT2D eigenvalue weighted by Gasteiger charge is -2.02. The van der Waals surface area contributed by atoms with Crippen molar-refractivity contribution in [1.29, 1.82) is 0 Å². The van der Waals surface area contributed by atoms with E-state index in [0.29, 0.717) is 10.7 Å². The zero-order valence-electron chi connectivity index (χ0n) is 8.93. The molecule has 1 aromatic heterocycles. The monoisotopic (exact) mass is 232 g/mol. The van der Waals surface area contributed by atoms with Crippen LogP contribution >= 0.6 is 11.3 Å². The van der Waals surface area contributed by atoms with Crippen LogP contribution < -0.4 is 5.32 Å². The first kappa shape index (κ1) is 10.8. The fourth-order valence-electron chi connectivity index (χ4n) is 1.35. The molecular formula is C12H12N2OS. The third-order valence-electron chi connectivity index (χ3n) is 2.28. The van der Waals surface area contributed by atoms with Gasteiger partial charge in [-0.1, -0.05) is 19.1 Å². The second kappa shape index (κ2) is 4.90. The van der Waals surface area contributed by atoms with E-state index >= 15 is 0 Å². The van der Waals surface area contributed by atoms with Crippen LogP contribution in [0.3, 0.4) is 0 Å². The summed E-state index contributed by atoms with van der Waals surface area (Å²) in [6.45, 7) is 2.09. The minimum absolute atomic E-state index is 0.113. The fourth-order valence-corrected chi connectivity index (χ4v) is 1.87. The highest BCUT2D eigenvalue weighted by atomic mass is 32.1. The maximum atomic E-state index is 11.8. The molecule has 0 fully saturated rings. The van der Waals surface area contributed by atoms with E-state index < -0.39 is 0 Å². The van der Waals surface area contributed by atoms with Crippen molar-refractivity contribution in [3.05, 3.63) is 47.0 Å². The van der Waals surface area contributed by atoms with Crippen molar-refractivity contribution in [2.24, 2.45) is 0 Å². The van der Waals surface area contributed by atoms with Crippen molar-refractivity contribution < 1.29 is 4.79 Å². The van der Waals surface area contributed by atoms with Gasteiger partial charge in [0.15, 0.2) is 5.13 Å². The summed E-state index contributed by atoms with van der Waals surface area (Å²) in [5, 5.41) is 5.20. The highest BCUT2D eigenvalue weighted by molar-refractivity contribution is 7.13. The van der Waals surface area contributed by atoms with Crippen LogP contribution in [0, 0.1) is 0 Å². The Kier molecular flexibility index (Phi) is 3.31. The van der Waals surface area contributed by atoms with Gasteiger partial charge in [0.2, 0.25) is 0 Å². The van der Waals surface area contributed by atoms with E-state index in [1.807, 2.05) is 29.6 Å². The van der Waals surface area contributed by atoms with Crippen molar-refractivity contribution in [3.63, 3.8) is 0 Å². The van der Waals surface area contributed by atoms with Gasteiger partial charge in [0.05, 0.1) is 0 Å². The normalized spacial score (nSPS) is 10.1. The first-order valence-electron chi connectivity index (χ1n) is 5.09. The molecule has 0 saturated carbocycles. The van der Waals surface area contributed by atoms with E-state index in [2.05, 4.69) is 17.2 Å². The molecule has 0 aliphatic rings. The van der Waals surface area contributed by atoms with E-state index in [1.165, 1.54) is 16.9 Å². The van der Waals surface area contributed by atoms with Crippen LogP contribution in [0.2, 0.25) is 0 Å². The molecule has 1 heterocycles. The van der Waals surface area contributed by atoms with Gasteiger partial charge < -0.3 is 0 Å². The lowest BCUT2D eigenvalue weighted by Crippen LogP contribution is -2.11. The molecule has 2 aromatic rings. The number of benzene rings is 1. The number of rotatable bonds is 3. The summed E-state index contributed by atoms with van der Waals surface area (Å²) < 4.78 is 0. The molecule has 0 unspecified atom stereocenters. The molecule has 1 amide bonds. The highest BCUT2D eigenvalue weighted by Gasteiger charge is 2.06. The van der Waals surface area contributed by atoms with Crippen LogP contribution in [0.5, 0.6) is 0 Å². The van der Waals surface area contributed by atoms with E-state index in [1.54, 1.807) is 6.20 Å². The number of nitrogens with one attached hydrogen (secondary N) is 1. The van der Waals surface area contributed by atoms with Crippen LogP contribution in [0.1, 0.15) is 22.8 Å². The molecule has 2 rings (SSSR count). The molecule has 0 atom stereocenters. The zero-order valence-corrected chi connectivity index (χ0v) is 9.75. The summed E-state index contributed by atoms with van der Waals surface area (Å²) in [5.74, 6) is -0.113. The Labute approximate surface area is 98.2 Å². The second-order valence-corrected chi connectivity index (χ2v) is 4.24. The topological polar surface area (TPSA) is 42.0 Å². The second-order valence-electron chi connectivity index (χ2n) is 3.34. The minimum atomic E-state index is -0.113. The molecule has 0 bridgehead atoms. The molecule has 0 aliphatic heterocycles. The molecular weight excluding hydrogens is 220 g/mol. The first-order chi connectivity index (χ1) is 7.79. The van der Waals surface area contributed by atoms with Crippen molar-refractivity contribution >= 4 is 22.4 Å². The number of carbonyl (C=O) groups is 1. The molecule has 4 heteroatoms. The predicted octanol–water partition coefficient (Wildman–Crippen LogP) is 2.96. The summed E-state index contributed by atoms with van der Waals surface area (Å²) in [7, 11) is 0. The van der Waals surface area contributed by atoms with Crippen molar-refractivity contribution in [3.8, 4) is 0 Å². The van der Waals surface area contributed by atoms with Gasteiger partial charge in [-0.3, -0.25) is 10.1 Å². The molecule has 16 heavy (non-hydrogen) atoms. The van der Waals surface area contributed by atoms with E-state index in [0.717, 1.165) is 6.42 Å². The van der Waals surface area contributed by atoms with Crippen molar-refractivity contribution in [2.45, 2.75) is 13.3 Å². The Bertz CT molecular complexity index is 462. The number of aryl methyl sites for hydroxylation is 1. The Morgan fingerprint density at radius 2 is 2.12 bits per heavy atom. The first-order valence-corrected chi connectivity index (χ1v) is 5.97. The Hall–Kier alpha value is -1.68. The summed E-state index contributed by atoms with van der Waals surface area (Å²) >= 11 is 1.41. The average Bonchev–Trinajstić information content (AvgIpc) is 2.82. The molecule has 0 aliphatic carbocycles. The van der Waals surface area contributed by atoms with E-state index in [9.17, 15) is 4.79 Å². The lowest BCUT2D eigenvalue weighted by atomic mass is 10.1. The standard InChI is InChI=1S/C12H12N2OS/c1-2-9-3-5-10(6-4-9)11(15)14-12-13-7-8-16-12/h3-8H,2H2,1H3,(H,13,14,15). The number of carbonyl (C=O) groups excluding carboxylic acids is 1. The quantitative estimate of drug-likeness (QED) is 0.884. The Balaban J connectivity index is 2.09. The van der Waals surface area contributed by atoms with Gasteiger partial charge >= 0.3 is 0 Å². The number of hydrogen-bond acceptors (Lipinski definition) is 3. The molecule has 3 nitrogen and oxygen atoms in total. The highest BCUT2D eigenvalue weighted by Crippen LogP contribution is 2.12. The number of amides is 1. The van der Waals surface area contributed by atoms with Gasteiger partial charge in [0, 0.05) is 17.1 Å². The minimum Gasteiger partial charge on any atom is -0.298 e. The molecule has 0 saturated heterocycles. The maximum absolute atomic E-state index is 11.8. The van der Waals surface area contributed by atoms with Crippen LogP contribution in [0.4, 0.5) is 5.13 Å². The number of anilines is 1. The number of aromatic nitrogens is 1. The van der Waals surface area contributed by atoms with Gasteiger partial charge in [-0.15, -0.1) is 11.3 Å². The van der Waals surface area contributed by atoms with Crippen LogP contribution in [-0.4, -0.2) is 10.9 Å². The molecule has 0 radical (unpaired) electrons. The van der Waals surface area contributed by atoms with Crippen LogP contribution in [-0.2, 0) is 6.42 Å². The maximum Gasteiger partial charge on any atom is 0.257 e. The van der Waals surface area contributed by atoms with Crippen molar-refractivity contribution in [2.75, 3.05) is 5.32 Å². The summed E-state index contributed by atoms with van der Waals surface area (Å²) in [4.78, 5) is 15.8. The predicted molar refractivity (Wildman–Crippen MR) is 65.9 cm³/mol. The molecule has 82 valence electrons. The largest absolute Gasteiger partial charge is 0.298 e. The summed E-state index contributed by atoms with van der Waals surface area (Å²) in [5.41, 5.74) is 1.89. The third-order valence-corrected chi connectivity index (χ3v) is 2.97. The fraction of sp³-hybridized carbons (Fsp3) is 0.167. The molecule has 1 N–H and O–H groups in total. The van der Waals surface area contributed by atoms with Gasteiger partial charge in [-0.2, -0.15) is 0 Å². The van der Waals surface area contributed by atoms with E-state index in [4.69, 9.17) is 0 Å². The summed E-state index contributed by atoms with van der Waals surface area (Å²) in [6, 6.07) is 7.61. The van der Waals surface area contributed by atoms with Gasteiger partial charge in [-0.25, -0.2) is 4.98 Å². The SMILES string of the molecule is CCc1ccc(C(=O)Nc2nccs2)cc1. The van der Waals surface area contributed by atoms with Gasteiger partial charge in [-0.05, 0) is 24.1 Å². The Morgan fingerprint density at radius 1 is 1.38 bits per heavy atom. The smallest absolute Gasteiger partial charge is 0.257 e. The number of hydrogen-bond donors (Lipinski definition) is 1. The number of thiazole rings is 1. The van der Waals surface area contributed by atoms with E-state index in [-0.39, 0.29) is 5.91 Å². The molecule has 0 spiro atoms. The van der Waals surface area contributed by atoms with Crippen molar-refractivity contribution in [1.82, 2.24) is 4.98 Å². The van der Waals surface area contributed by atoms with Crippen LogP contribution in [0.15, 0.2) is 35.8 Å². The zero-order chi connectivity index (χ0) is 11.4. The number of nitrogens with zero attached hydrogens (tertiary/aromatic N) is 1. The Morgan fingerprint density at radius 3 is 2.69 bits per heavy atom. The third kappa shape index (κ3) is 2.46. The summed E-state index contributed by atoms with van der Waals surface area (Å²) in [6.07, 6.45) is 2.65. The lowest BCUT2D eigenvalue weighted by molar-refractivity contribution is 0.102. The molecule has 1 aromatic carbocycles. The van der Waals surface area contributed by atoms with Gasteiger partial charge in [0.1, 0.15) is 0 Å².